The summed E-state index contributed by atoms with van der Waals surface area (Å²) in [5.41, 5.74) is 0.244. The summed E-state index contributed by atoms with van der Waals surface area (Å²) in [6.45, 7) is 5.12. The Morgan fingerprint density at radius 2 is 1.73 bits per heavy atom. The van der Waals surface area contributed by atoms with Crippen LogP contribution in [0.25, 0.3) is 0 Å². The first-order valence-corrected chi connectivity index (χ1v) is 4.61. The molecule has 0 aliphatic rings. The zero-order valence-electron chi connectivity index (χ0n) is 8.98. The minimum atomic E-state index is -0.588. The van der Waals surface area contributed by atoms with Crippen molar-refractivity contribution in [1.29, 1.82) is 0 Å². The predicted molar refractivity (Wildman–Crippen MR) is 56.8 cm³/mol. The van der Waals surface area contributed by atoms with Crippen LogP contribution in [-0.4, -0.2) is 10.7 Å². The number of ketones is 1. The molecule has 0 heterocycles. The Morgan fingerprint density at radius 1 is 1.27 bits per heavy atom. The summed E-state index contributed by atoms with van der Waals surface area (Å²) in [5, 5.41) is 10.4. The third-order valence-electron chi connectivity index (χ3n) is 2.68. The number of hydrogen-bond acceptors (Lipinski definition) is 3. The van der Waals surface area contributed by atoms with E-state index in [1.807, 2.05) is 0 Å². The van der Waals surface area contributed by atoms with Crippen molar-refractivity contribution in [3.63, 3.8) is 0 Å². The molecule has 1 aromatic rings. The largest absolute Gasteiger partial charge is 0.299 e. The Bertz CT molecular complexity index is 393. The fourth-order valence-corrected chi connectivity index (χ4v) is 1.20. The van der Waals surface area contributed by atoms with Crippen molar-refractivity contribution in [2.75, 3.05) is 0 Å². The summed E-state index contributed by atoms with van der Waals surface area (Å²) >= 11 is 0. The van der Waals surface area contributed by atoms with Crippen LogP contribution in [0.1, 0.15) is 26.3 Å². The number of hydrogen-bond donors (Lipinski definition) is 0. The summed E-state index contributed by atoms with van der Waals surface area (Å²) in [5.74, 6) is 0.0383. The topological polar surface area (TPSA) is 60.2 Å². The van der Waals surface area contributed by atoms with Gasteiger partial charge in [-0.05, 0) is 26.3 Å². The van der Waals surface area contributed by atoms with Crippen LogP contribution in [0.4, 0.5) is 5.69 Å². The molecule has 0 unspecified atom stereocenters. The van der Waals surface area contributed by atoms with Gasteiger partial charge >= 0.3 is 0 Å². The van der Waals surface area contributed by atoms with Gasteiger partial charge in [0.25, 0.3) is 5.69 Å². The van der Waals surface area contributed by atoms with E-state index in [0.29, 0.717) is 0 Å². The first-order chi connectivity index (χ1) is 6.85. The number of Topliss-reactive ketones (excluding diaryl/α,β-unsaturated/α-hetero) is 1. The molecule has 1 aromatic carbocycles. The molecule has 0 atom stereocenters. The minimum absolute atomic E-state index is 0.0383. The van der Waals surface area contributed by atoms with Gasteiger partial charge in [-0.1, -0.05) is 12.1 Å². The molecular weight excluding hydrogens is 194 g/mol. The molecule has 0 saturated carbocycles. The number of carbonyl (C=O) groups excluding carboxylic acids is 1. The number of rotatable bonds is 3. The Morgan fingerprint density at radius 3 is 2.07 bits per heavy atom. The smallest absolute Gasteiger partial charge is 0.269 e. The summed E-state index contributed by atoms with van der Waals surface area (Å²) < 4.78 is 0. The highest BCUT2D eigenvalue weighted by molar-refractivity contribution is 5.87. The van der Waals surface area contributed by atoms with Gasteiger partial charge in [0.2, 0.25) is 0 Å². The summed E-state index contributed by atoms with van der Waals surface area (Å²) in [6.07, 6.45) is 0. The molecule has 0 spiro atoms. The van der Waals surface area contributed by atoms with Crippen molar-refractivity contribution < 1.29 is 9.72 Å². The molecule has 0 aliphatic carbocycles. The Labute approximate surface area is 88.1 Å². The maximum Gasteiger partial charge on any atom is 0.269 e. The molecule has 0 aromatic heterocycles. The Kier molecular flexibility index (Phi) is 2.88. The van der Waals surface area contributed by atoms with Gasteiger partial charge in [-0.2, -0.15) is 0 Å². The zero-order valence-corrected chi connectivity index (χ0v) is 8.98. The van der Waals surface area contributed by atoms with E-state index in [0.717, 1.165) is 5.56 Å². The monoisotopic (exact) mass is 207 g/mol. The van der Waals surface area contributed by atoms with Crippen molar-refractivity contribution in [2.45, 2.75) is 26.2 Å². The van der Waals surface area contributed by atoms with Crippen LogP contribution in [0.3, 0.4) is 0 Å². The SMILES string of the molecule is CC(=O)C(C)(C)c1ccc([N+](=O)[O-])cc1. The molecule has 0 N–H and O–H groups in total. The highest BCUT2D eigenvalue weighted by atomic mass is 16.6. The molecule has 0 bridgehead atoms. The number of nitro benzene ring substituents is 1. The molecular formula is C11H13NO3. The maximum absolute atomic E-state index is 11.4. The molecule has 0 saturated heterocycles. The van der Waals surface area contributed by atoms with E-state index < -0.39 is 10.3 Å². The Balaban J connectivity index is 3.09. The zero-order chi connectivity index (χ0) is 11.6. The lowest BCUT2D eigenvalue weighted by molar-refractivity contribution is -0.384. The van der Waals surface area contributed by atoms with Gasteiger partial charge in [0, 0.05) is 17.5 Å². The van der Waals surface area contributed by atoms with Crippen LogP contribution in [0.2, 0.25) is 0 Å². The first kappa shape index (κ1) is 11.4. The number of nitro groups is 1. The second-order valence-electron chi connectivity index (χ2n) is 3.99. The van der Waals surface area contributed by atoms with E-state index in [1.165, 1.54) is 19.1 Å². The van der Waals surface area contributed by atoms with Gasteiger partial charge in [0.15, 0.2) is 0 Å². The number of non-ortho nitro benzene ring substituents is 1. The van der Waals surface area contributed by atoms with E-state index in [2.05, 4.69) is 0 Å². The third kappa shape index (κ3) is 2.21. The van der Waals surface area contributed by atoms with Crippen molar-refractivity contribution in [1.82, 2.24) is 0 Å². The number of carbonyl (C=O) groups is 1. The van der Waals surface area contributed by atoms with Gasteiger partial charge < -0.3 is 0 Å². The van der Waals surface area contributed by atoms with Crippen LogP contribution < -0.4 is 0 Å². The lowest BCUT2D eigenvalue weighted by atomic mass is 9.81. The van der Waals surface area contributed by atoms with E-state index in [4.69, 9.17) is 0 Å². The van der Waals surface area contributed by atoms with Crippen LogP contribution in [0, 0.1) is 10.1 Å². The van der Waals surface area contributed by atoms with E-state index >= 15 is 0 Å². The second kappa shape index (κ2) is 3.81. The lowest BCUT2D eigenvalue weighted by Gasteiger charge is -2.21. The summed E-state index contributed by atoms with van der Waals surface area (Å²) in [7, 11) is 0. The van der Waals surface area contributed by atoms with E-state index in [9.17, 15) is 14.9 Å². The van der Waals surface area contributed by atoms with Gasteiger partial charge in [-0.3, -0.25) is 14.9 Å². The summed E-state index contributed by atoms with van der Waals surface area (Å²) in [4.78, 5) is 21.3. The molecule has 0 amide bonds. The molecule has 4 nitrogen and oxygen atoms in total. The minimum Gasteiger partial charge on any atom is -0.299 e. The summed E-state index contributed by atoms with van der Waals surface area (Å²) in [6, 6.07) is 6.08. The molecule has 15 heavy (non-hydrogen) atoms. The van der Waals surface area contributed by atoms with Gasteiger partial charge in [-0.15, -0.1) is 0 Å². The highest BCUT2D eigenvalue weighted by Crippen LogP contribution is 2.25. The fourth-order valence-electron chi connectivity index (χ4n) is 1.20. The second-order valence-corrected chi connectivity index (χ2v) is 3.99. The normalized spacial score (nSPS) is 11.1. The molecule has 0 fully saturated rings. The highest BCUT2D eigenvalue weighted by Gasteiger charge is 2.26. The van der Waals surface area contributed by atoms with Crippen molar-refractivity contribution in [3.05, 3.63) is 39.9 Å². The molecule has 4 heteroatoms. The van der Waals surface area contributed by atoms with Gasteiger partial charge in [0.05, 0.1) is 4.92 Å². The third-order valence-corrected chi connectivity index (χ3v) is 2.68. The molecule has 0 radical (unpaired) electrons. The average molecular weight is 207 g/mol. The lowest BCUT2D eigenvalue weighted by Crippen LogP contribution is -2.26. The molecule has 1 rings (SSSR count). The molecule has 0 aliphatic heterocycles. The van der Waals surface area contributed by atoms with Crippen LogP contribution in [0.15, 0.2) is 24.3 Å². The number of benzene rings is 1. The number of nitrogens with zero attached hydrogens (tertiary/aromatic N) is 1. The molecule has 80 valence electrons. The van der Waals surface area contributed by atoms with E-state index in [-0.39, 0.29) is 11.5 Å². The van der Waals surface area contributed by atoms with Crippen LogP contribution in [-0.2, 0) is 10.2 Å². The maximum atomic E-state index is 11.4. The fraction of sp³-hybridized carbons (Fsp3) is 0.364. The van der Waals surface area contributed by atoms with Gasteiger partial charge in [-0.25, -0.2) is 0 Å². The van der Waals surface area contributed by atoms with Crippen molar-refractivity contribution >= 4 is 11.5 Å². The quantitative estimate of drug-likeness (QED) is 0.565. The predicted octanol–water partition coefficient (Wildman–Crippen LogP) is 2.46. The Hall–Kier alpha value is -1.71. The standard InChI is InChI=1S/C11H13NO3/c1-8(13)11(2,3)9-4-6-10(7-5-9)12(14)15/h4-7H,1-3H3. The van der Waals surface area contributed by atoms with E-state index in [1.54, 1.807) is 26.0 Å². The van der Waals surface area contributed by atoms with Crippen molar-refractivity contribution in [2.24, 2.45) is 0 Å². The van der Waals surface area contributed by atoms with Gasteiger partial charge in [0.1, 0.15) is 5.78 Å². The van der Waals surface area contributed by atoms with Crippen LogP contribution in [0.5, 0.6) is 0 Å². The van der Waals surface area contributed by atoms with Crippen molar-refractivity contribution in [3.8, 4) is 0 Å². The first-order valence-electron chi connectivity index (χ1n) is 4.61. The van der Waals surface area contributed by atoms with Crippen LogP contribution >= 0.6 is 0 Å². The average Bonchev–Trinajstić information content (AvgIpc) is 2.17.